The molecule has 1 atom stereocenters. The van der Waals surface area contributed by atoms with E-state index in [1.54, 1.807) is 16.7 Å². The van der Waals surface area contributed by atoms with Gasteiger partial charge in [0, 0.05) is 26.1 Å². The maximum absolute atomic E-state index is 12.7. The summed E-state index contributed by atoms with van der Waals surface area (Å²) in [5, 5.41) is 0. The van der Waals surface area contributed by atoms with Crippen molar-refractivity contribution in [2.45, 2.75) is 58.8 Å². The van der Waals surface area contributed by atoms with Gasteiger partial charge in [0.1, 0.15) is 5.75 Å². The van der Waals surface area contributed by atoms with E-state index in [9.17, 15) is 14.4 Å². The number of esters is 1. The normalized spacial score (nSPS) is 19.0. The van der Waals surface area contributed by atoms with Gasteiger partial charge in [-0.25, -0.2) is 0 Å². The first-order chi connectivity index (χ1) is 14.7. The average Bonchev–Trinajstić information content (AvgIpc) is 2.74. The molecule has 3 rings (SSSR count). The van der Waals surface area contributed by atoms with Crippen LogP contribution in [0.5, 0.6) is 5.75 Å². The molecule has 0 bridgehead atoms. The highest BCUT2D eigenvalue weighted by molar-refractivity contribution is 5.98. The van der Waals surface area contributed by atoms with Crippen molar-refractivity contribution in [3.05, 3.63) is 23.8 Å². The van der Waals surface area contributed by atoms with Crippen molar-refractivity contribution in [1.29, 1.82) is 0 Å². The molecule has 7 nitrogen and oxygen atoms in total. The first-order valence-electron chi connectivity index (χ1n) is 11.2. The van der Waals surface area contributed by atoms with Crippen LogP contribution in [0.1, 0.15) is 58.9 Å². The number of nitrogens with zero attached hydrogens (tertiary/aromatic N) is 2. The van der Waals surface area contributed by atoms with E-state index < -0.39 is 0 Å². The van der Waals surface area contributed by atoms with Gasteiger partial charge in [0.15, 0.2) is 6.61 Å². The van der Waals surface area contributed by atoms with Gasteiger partial charge in [-0.3, -0.25) is 14.4 Å². The Bertz CT molecular complexity index is 830. The van der Waals surface area contributed by atoms with E-state index in [-0.39, 0.29) is 35.7 Å². The summed E-state index contributed by atoms with van der Waals surface area (Å²) in [6, 6.07) is 5.97. The van der Waals surface area contributed by atoms with E-state index in [1.165, 1.54) is 0 Å². The highest BCUT2D eigenvalue weighted by Crippen LogP contribution is 2.36. The van der Waals surface area contributed by atoms with Crippen molar-refractivity contribution in [1.82, 2.24) is 4.90 Å². The van der Waals surface area contributed by atoms with E-state index in [1.807, 2.05) is 18.2 Å². The van der Waals surface area contributed by atoms with Crippen molar-refractivity contribution in [2.75, 3.05) is 37.7 Å². The SMILES string of the molecule is CCOC(=O)C1CCCN(C(=O)CCCN2C(=O)COc3ccc(C(C)(C)C)cc32)C1. The molecule has 0 spiro atoms. The van der Waals surface area contributed by atoms with E-state index in [2.05, 4.69) is 20.8 Å². The highest BCUT2D eigenvalue weighted by Gasteiger charge is 2.30. The molecule has 2 aliphatic heterocycles. The summed E-state index contributed by atoms with van der Waals surface area (Å²) in [5.74, 6) is 0.184. The Kier molecular flexibility index (Phi) is 7.23. The van der Waals surface area contributed by atoms with Crippen LogP contribution in [0.25, 0.3) is 0 Å². The minimum atomic E-state index is -0.235. The third-order valence-electron chi connectivity index (χ3n) is 5.93. The smallest absolute Gasteiger partial charge is 0.310 e. The van der Waals surface area contributed by atoms with Gasteiger partial charge in [-0.1, -0.05) is 26.8 Å². The molecule has 1 aromatic carbocycles. The van der Waals surface area contributed by atoms with E-state index in [0.29, 0.717) is 44.8 Å². The summed E-state index contributed by atoms with van der Waals surface area (Å²) in [4.78, 5) is 40.8. The second-order valence-electron chi connectivity index (χ2n) is 9.30. The van der Waals surface area contributed by atoms with E-state index in [0.717, 1.165) is 24.1 Å². The minimum absolute atomic E-state index is 0.0170. The molecule has 170 valence electrons. The molecule has 1 aromatic rings. The lowest BCUT2D eigenvalue weighted by Gasteiger charge is -2.33. The van der Waals surface area contributed by atoms with Crippen LogP contribution in [0, 0.1) is 5.92 Å². The van der Waals surface area contributed by atoms with E-state index in [4.69, 9.17) is 9.47 Å². The number of amides is 2. The fraction of sp³-hybridized carbons (Fsp3) is 0.625. The van der Waals surface area contributed by atoms with Crippen LogP contribution >= 0.6 is 0 Å². The number of hydrogen-bond donors (Lipinski definition) is 0. The number of likely N-dealkylation sites (tertiary alicyclic amines) is 1. The Morgan fingerprint density at radius 2 is 2.03 bits per heavy atom. The fourth-order valence-corrected chi connectivity index (χ4v) is 4.12. The number of carbonyl (C=O) groups excluding carboxylic acids is 3. The van der Waals surface area contributed by atoms with Gasteiger partial charge >= 0.3 is 5.97 Å². The number of rotatable bonds is 6. The quantitative estimate of drug-likeness (QED) is 0.648. The Morgan fingerprint density at radius 1 is 1.26 bits per heavy atom. The average molecular weight is 431 g/mol. The largest absolute Gasteiger partial charge is 0.482 e. The molecule has 1 fully saturated rings. The van der Waals surface area contributed by atoms with Crippen molar-refractivity contribution < 1.29 is 23.9 Å². The van der Waals surface area contributed by atoms with Gasteiger partial charge in [-0.2, -0.15) is 0 Å². The Balaban J connectivity index is 1.60. The van der Waals surface area contributed by atoms with Crippen LogP contribution < -0.4 is 9.64 Å². The molecule has 2 amide bonds. The van der Waals surface area contributed by atoms with Crippen LogP contribution in [-0.2, 0) is 24.5 Å². The highest BCUT2D eigenvalue weighted by atomic mass is 16.5. The van der Waals surface area contributed by atoms with Crippen molar-refractivity contribution in [3.63, 3.8) is 0 Å². The Labute approximate surface area is 184 Å². The molecular formula is C24H34N2O5. The van der Waals surface area contributed by atoms with Crippen molar-refractivity contribution in [3.8, 4) is 5.75 Å². The molecule has 2 heterocycles. The fourth-order valence-electron chi connectivity index (χ4n) is 4.12. The van der Waals surface area contributed by atoms with Gasteiger partial charge in [0.05, 0.1) is 18.2 Å². The van der Waals surface area contributed by atoms with Crippen LogP contribution in [0.2, 0.25) is 0 Å². The second kappa shape index (κ2) is 9.71. The number of fused-ring (bicyclic) bond motifs is 1. The predicted molar refractivity (Wildman–Crippen MR) is 118 cm³/mol. The Hall–Kier alpha value is -2.57. The molecule has 1 unspecified atom stereocenters. The van der Waals surface area contributed by atoms with Gasteiger partial charge in [-0.15, -0.1) is 0 Å². The molecule has 7 heteroatoms. The monoisotopic (exact) mass is 430 g/mol. The molecule has 0 aliphatic carbocycles. The van der Waals surface area contributed by atoms with Crippen molar-refractivity contribution in [2.24, 2.45) is 5.92 Å². The molecule has 0 saturated carbocycles. The lowest BCUT2D eigenvalue weighted by molar-refractivity contribution is -0.151. The molecule has 0 N–H and O–H groups in total. The summed E-state index contributed by atoms with van der Waals surface area (Å²) in [7, 11) is 0. The summed E-state index contributed by atoms with van der Waals surface area (Å²) in [6.07, 6.45) is 2.47. The summed E-state index contributed by atoms with van der Waals surface area (Å²) in [6.45, 7) is 10.1. The van der Waals surface area contributed by atoms with Crippen LogP contribution in [0.3, 0.4) is 0 Å². The summed E-state index contributed by atoms with van der Waals surface area (Å²) >= 11 is 0. The Morgan fingerprint density at radius 3 is 2.74 bits per heavy atom. The molecule has 31 heavy (non-hydrogen) atoms. The van der Waals surface area contributed by atoms with Gasteiger partial charge in [-0.05, 0) is 49.3 Å². The van der Waals surface area contributed by atoms with E-state index >= 15 is 0 Å². The first-order valence-corrected chi connectivity index (χ1v) is 11.2. The molecular weight excluding hydrogens is 396 g/mol. The second-order valence-corrected chi connectivity index (χ2v) is 9.30. The number of piperidine rings is 1. The molecule has 1 saturated heterocycles. The van der Waals surface area contributed by atoms with Crippen LogP contribution in [0.4, 0.5) is 5.69 Å². The van der Waals surface area contributed by atoms with Gasteiger partial charge < -0.3 is 19.3 Å². The number of benzene rings is 1. The van der Waals surface area contributed by atoms with Gasteiger partial charge in [0.25, 0.3) is 5.91 Å². The van der Waals surface area contributed by atoms with Crippen molar-refractivity contribution >= 4 is 23.5 Å². The van der Waals surface area contributed by atoms with Crippen LogP contribution in [0.15, 0.2) is 18.2 Å². The third kappa shape index (κ3) is 5.57. The van der Waals surface area contributed by atoms with Gasteiger partial charge in [0.2, 0.25) is 5.91 Å². The number of carbonyl (C=O) groups is 3. The minimum Gasteiger partial charge on any atom is -0.482 e. The lowest BCUT2D eigenvalue weighted by Crippen LogP contribution is -2.43. The topological polar surface area (TPSA) is 76.2 Å². The maximum atomic E-state index is 12.7. The van der Waals surface area contributed by atoms with Crippen LogP contribution in [-0.4, -0.2) is 55.5 Å². The zero-order valence-electron chi connectivity index (χ0n) is 19.1. The number of hydrogen-bond acceptors (Lipinski definition) is 5. The number of anilines is 1. The third-order valence-corrected chi connectivity index (χ3v) is 5.93. The predicted octanol–water partition coefficient (Wildman–Crippen LogP) is 3.29. The number of ether oxygens (including phenoxy) is 2. The zero-order valence-corrected chi connectivity index (χ0v) is 19.1. The molecule has 0 radical (unpaired) electrons. The zero-order chi connectivity index (χ0) is 22.6. The summed E-state index contributed by atoms with van der Waals surface area (Å²) in [5.41, 5.74) is 1.86. The maximum Gasteiger partial charge on any atom is 0.310 e. The molecule has 0 aromatic heterocycles. The standard InChI is InChI=1S/C24H34N2O5/c1-5-30-23(29)17-8-6-12-25(15-17)21(27)9-7-13-26-19-14-18(24(2,3)4)10-11-20(19)31-16-22(26)28/h10-11,14,17H,5-9,12-13,15-16H2,1-4H3. The lowest BCUT2D eigenvalue weighted by atomic mass is 9.86. The first kappa shape index (κ1) is 23.1. The summed E-state index contributed by atoms with van der Waals surface area (Å²) < 4.78 is 10.7. The molecule has 2 aliphatic rings.